The van der Waals surface area contributed by atoms with E-state index in [1.807, 2.05) is 0 Å². The average Bonchev–Trinajstić information content (AvgIpc) is 3.09. The van der Waals surface area contributed by atoms with E-state index < -0.39 is 0 Å². The van der Waals surface area contributed by atoms with E-state index in [2.05, 4.69) is 47.0 Å². The molecule has 0 saturated carbocycles. The zero-order valence-corrected chi connectivity index (χ0v) is 15.5. The molecule has 1 atom stereocenters. The van der Waals surface area contributed by atoms with Gasteiger partial charge in [0.05, 0.1) is 19.8 Å². The number of hydrogen-bond acceptors (Lipinski definition) is 4. The van der Waals surface area contributed by atoms with Gasteiger partial charge in [0.2, 0.25) is 0 Å². The molecule has 0 amide bonds. The van der Waals surface area contributed by atoms with Crippen molar-refractivity contribution < 1.29 is 9.47 Å². The van der Waals surface area contributed by atoms with Crippen molar-refractivity contribution in [3.63, 3.8) is 0 Å². The number of rotatable bonds is 12. The Morgan fingerprint density at radius 3 is 2.83 bits per heavy atom. The normalized spacial score (nSPS) is 13.1. The van der Waals surface area contributed by atoms with Gasteiger partial charge in [0.1, 0.15) is 0 Å². The predicted octanol–water partition coefficient (Wildman–Crippen LogP) is 2.85. The maximum atomic E-state index is 5.45. The molecule has 1 aromatic rings. The quantitative estimate of drug-likeness (QED) is 0.349. The average molecular weight is 342 g/mol. The molecular formula is C17H31N3O2S. The van der Waals surface area contributed by atoms with E-state index in [9.17, 15) is 0 Å². The fourth-order valence-electron chi connectivity index (χ4n) is 2.01. The zero-order chi connectivity index (χ0) is 16.8. The Morgan fingerprint density at radius 2 is 2.13 bits per heavy atom. The lowest BCUT2D eigenvalue weighted by Gasteiger charge is -2.13. The van der Waals surface area contributed by atoms with Crippen LogP contribution in [0.15, 0.2) is 22.5 Å². The summed E-state index contributed by atoms with van der Waals surface area (Å²) in [6, 6.07) is 4.27. The number of methoxy groups -OCH3 is 1. The van der Waals surface area contributed by atoms with Gasteiger partial charge in [-0.05, 0) is 31.2 Å². The third-order valence-electron chi connectivity index (χ3n) is 3.34. The van der Waals surface area contributed by atoms with Gasteiger partial charge in [-0.3, -0.25) is 4.99 Å². The van der Waals surface area contributed by atoms with E-state index >= 15 is 0 Å². The van der Waals surface area contributed by atoms with Crippen LogP contribution in [0.2, 0.25) is 0 Å². The molecule has 6 heteroatoms. The van der Waals surface area contributed by atoms with Gasteiger partial charge in [0.15, 0.2) is 5.96 Å². The Bertz CT molecular complexity index is 410. The van der Waals surface area contributed by atoms with Gasteiger partial charge in [-0.1, -0.05) is 13.0 Å². The van der Waals surface area contributed by atoms with E-state index in [-0.39, 0.29) is 0 Å². The molecule has 5 nitrogen and oxygen atoms in total. The van der Waals surface area contributed by atoms with Crippen molar-refractivity contribution in [1.82, 2.24) is 10.6 Å². The summed E-state index contributed by atoms with van der Waals surface area (Å²) in [5, 5.41) is 8.80. The molecule has 0 aliphatic rings. The van der Waals surface area contributed by atoms with E-state index in [0.29, 0.717) is 19.1 Å². The molecule has 0 aliphatic carbocycles. The number of hydrogen-bond donors (Lipinski definition) is 2. The fraction of sp³-hybridized carbons (Fsp3) is 0.706. The first-order chi connectivity index (χ1) is 11.3. The molecule has 1 aromatic heterocycles. The molecule has 0 saturated heterocycles. The summed E-state index contributed by atoms with van der Waals surface area (Å²) in [6.45, 7) is 9.02. The summed E-state index contributed by atoms with van der Waals surface area (Å²) < 4.78 is 10.4. The van der Waals surface area contributed by atoms with Crippen LogP contribution in [0, 0.1) is 0 Å². The number of nitrogens with one attached hydrogen (secondary N) is 2. The van der Waals surface area contributed by atoms with Gasteiger partial charge in [0.25, 0.3) is 0 Å². The number of nitrogens with zero attached hydrogens (tertiary/aromatic N) is 1. The lowest BCUT2D eigenvalue weighted by atomic mass is 10.1. The smallest absolute Gasteiger partial charge is 0.191 e. The first-order valence-corrected chi connectivity index (χ1v) is 9.28. The van der Waals surface area contributed by atoms with Gasteiger partial charge in [-0.25, -0.2) is 0 Å². The first kappa shape index (κ1) is 19.9. The highest BCUT2D eigenvalue weighted by molar-refractivity contribution is 7.10. The predicted molar refractivity (Wildman–Crippen MR) is 98.6 cm³/mol. The van der Waals surface area contributed by atoms with Crippen LogP contribution < -0.4 is 10.6 Å². The number of unbranched alkanes of at least 4 members (excludes halogenated alkanes) is 1. The number of guanidine groups is 1. The van der Waals surface area contributed by atoms with Crippen molar-refractivity contribution in [1.29, 1.82) is 0 Å². The van der Waals surface area contributed by atoms with Crippen LogP contribution in [-0.2, 0) is 9.47 Å². The van der Waals surface area contributed by atoms with E-state index in [0.717, 1.165) is 45.0 Å². The van der Waals surface area contributed by atoms with Crippen LogP contribution in [0.1, 0.15) is 37.5 Å². The highest BCUT2D eigenvalue weighted by Gasteiger charge is 2.06. The van der Waals surface area contributed by atoms with Crippen molar-refractivity contribution in [2.24, 2.45) is 4.99 Å². The van der Waals surface area contributed by atoms with Gasteiger partial charge < -0.3 is 20.1 Å². The Kier molecular flexibility index (Phi) is 11.6. The van der Waals surface area contributed by atoms with Gasteiger partial charge in [0, 0.05) is 37.6 Å². The molecule has 1 unspecified atom stereocenters. The molecule has 0 bridgehead atoms. The molecule has 0 radical (unpaired) electrons. The minimum atomic E-state index is 0.458. The molecule has 23 heavy (non-hydrogen) atoms. The van der Waals surface area contributed by atoms with Crippen LogP contribution in [0.25, 0.3) is 0 Å². The zero-order valence-electron chi connectivity index (χ0n) is 14.6. The molecule has 0 aliphatic heterocycles. The standard InChI is InChI=1S/C17H31N3O2S/c1-4-18-17(19-9-5-6-10-22-12-11-21-3)20-14-15(2)16-8-7-13-23-16/h7-8,13,15H,4-6,9-12,14H2,1-3H3,(H2,18,19,20). The Morgan fingerprint density at radius 1 is 1.26 bits per heavy atom. The molecule has 1 rings (SSSR count). The van der Waals surface area contributed by atoms with E-state index in [4.69, 9.17) is 9.47 Å². The third-order valence-corrected chi connectivity index (χ3v) is 4.44. The lowest BCUT2D eigenvalue weighted by molar-refractivity contribution is 0.0689. The molecule has 132 valence electrons. The highest BCUT2D eigenvalue weighted by Crippen LogP contribution is 2.20. The summed E-state index contributed by atoms with van der Waals surface area (Å²) in [5.74, 6) is 1.36. The first-order valence-electron chi connectivity index (χ1n) is 8.40. The molecule has 2 N–H and O–H groups in total. The van der Waals surface area contributed by atoms with Crippen LogP contribution >= 0.6 is 11.3 Å². The van der Waals surface area contributed by atoms with Crippen molar-refractivity contribution in [2.45, 2.75) is 32.6 Å². The van der Waals surface area contributed by atoms with Crippen molar-refractivity contribution in [2.75, 3.05) is 46.6 Å². The van der Waals surface area contributed by atoms with Gasteiger partial charge >= 0.3 is 0 Å². The summed E-state index contributed by atoms with van der Waals surface area (Å²) in [6.07, 6.45) is 2.11. The lowest BCUT2D eigenvalue weighted by Crippen LogP contribution is -2.38. The van der Waals surface area contributed by atoms with Gasteiger partial charge in [-0.2, -0.15) is 0 Å². The van der Waals surface area contributed by atoms with Crippen LogP contribution in [0.4, 0.5) is 0 Å². The van der Waals surface area contributed by atoms with E-state index in [1.54, 1.807) is 18.4 Å². The Hall–Kier alpha value is -1.11. The summed E-state index contributed by atoms with van der Waals surface area (Å²) in [7, 11) is 1.69. The maximum Gasteiger partial charge on any atom is 0.191 e. The van der Waals surface area contributed by atoms with Crippen molar-refractivity contribution in [3.8, 4) is 0 Å². The van der Waals surface area contributed by atoms with E-state index in [1.165, 1.54) is 4.88 Å². The van der Waals surface area contributed by atoms with Crippen LogP contribution in [-0.4, -0.2) is 52.5 Å². The largest absolute Gasteiger partial charge is 0.382 e. The van der Waals surface area contributed by atoms with Gasteiger partial charge in [-0.15, -0.1) is 11.3 Å². The van der Waals surface area contributed by atoms with Crippen molar-refractivity contribution >= 4 is 17.3 Å². The van der Waals surface area contributed by atoms with Crippen molar-refractivity contribution in [3.05, 3.63) is 22.4 Å². The minimum absolute atomic E-state index is 0.458. The number of aliphatic imine (C=N–C) groups is 1. The summed E-state index contributed by atoms with van der Waals surface area (Å²) >= 11 is 1.80. The highest BCUT2D eigenvalue weighted by atomic mass is 32.1. The number of thiophene rings is 1. The maximum absolute atomic E-state index is 5.45. The molecule has 0 spiro atoms. The molecule has 0 fully saturated rings. The summed E-state index contributed by atoms with van der Waals surface area (Å²) in [5.41, 5.74) is 0. The Labute approximate surface area is 144 Å². The monoisotopic (exact) mass is 341 g/mol. The van der Waals surface area contributed by atoms with Crippen LogP contribution in [0.5, 0.6) is 0 Å². The molecule has 0 aromatic carbocycles. The molecule has 1 heterocycles. The second-order valence-corrected chi connectivity index (χ2v) is 6.35. The SMILES string of the molecule is CCNC(=NCC(C)c1cccs1)NCCCCOCCOC. The fourth-order valence-corrected chi connectivity index (χ4v) is 2.79. The minimum Gasteiger partial charge on any atom is -0.382 e. The third kappa shape index (κ3) is 9.58. The topological polar surface area (TPSA) is 54.9 Å². The second-order valence-electron chi connectivity index (χ2n) is 5.38. The van der Waals surface area contributed by atoms with Crippen LogP contribution in [0.3, 0.4) is 0 Å². The summed E-state index contributed by atoms with van der Waals surface area (Å²) in [4.78, 5) is 6.07. The second kappa shape index (κ2) is 13.3. The number of ether oxygens (including phenoxy) is 2. The molecular weight excluding hydrogens is 310 g/mol. The Balaban J connectivity index is 2.19.